The van der Waals surface area contributed by atoms with Crippen LogP contribution in [-0.2, 0) is 0 Å². The number of aromatic nitrogens is 2. The van der Waals surface area contributed by atoms with Gasteiger partial charge in [0.15, 0.2) is 0 Å². The lowest BCUT2D eigenvalue weighted by Gasteiger charge is -2.00. The molecule has 0 bridgehead atoms. The summed E-state index contributed by atoms with van der Waals surface area (Å²) >= 11 is 11.0. The molecule has 1 unspecified atom stereocenters. The molecule has 2 aromatic rings. The monoisotopic (exact) mass is 316 g/mol. The molecule has 2 rings (SSSR count). The van der Waals surface area contributed by atoms with Crippen LogP contribution in [0.4, 0.5) is 0 Å². The van der Waals surface area contributed by atoms with Crippen LogP contribution in [0.3, 0.4) is 0 Å². The Morgan fingerprint density at radius 2 is 2.12 bits per heavy atom. The van der Waals surface area contributed by atoms with Crippen LogP contribution in [0.5, 0.6) is 0 Å². The Balaban J connectivity index is 2.39. The second-order valence-corrected chi connectivity index (χ2v) is 6.04. The lowest BCUT2D eigenvalue weighted by Crippen LogP contribution is -1.81. The molecule has 0 aliphatic rings. The fourth-order valence-corrected chi connectivity index (χ4v) is 2.56. The first kappa shape index (κ1) is 12.0. The molecule has 0 N–H and O–H groups in total. The predicted molar refractivity (Wildman–Crippen MR) is 72.1 cm³/mol. The summed E-state index contributed by atoms with van der Waals surface area (Å²) in [6.45, 7) is 3.96. The average molecular weight is 318 g/mol. The fourth-order valence-electron chi connectivity index (χ4n) is 1.24. The van der Waals surface area contributed by atoms with Crippen molar-refractivity contribution in [2.24, 2.45) is 0 Å². The number of hydrogen-bond donors (Lipinski definition) is 0. The van der Waals surface area contributed by atoms with Gasteiger partial charge in [-0.25, -0.2) is 0 Å². The molecule has 1 aromatic heterocycles. The zero-order valence-electron chi connectivity index (χ0n) is 8.87. The van der Waals surface area contributed by atoms with E-state index in [0.717, 1.165) is 20.1 Å². The maximum Gasteiger partial charge on any atom is 0.147 e. The predicted octanol–water partition coefficient (Wildman–Crippen LogP) is 4.58. The van der Waals surface area contributed by atoms with Crippen molar-refractivity contribution in [2.45, 2.75) is 19.2 Å². The number of hydrogen-bond acceptors (Lipinski definition) is 3. The van der Waals surface area contributed by atoms with Gasteiger partial charge >= 0.3 is 0 Å². The van der Waals surface area contributed by atoms with Crippen LogP contribution < -0.4 is 0 Å². The first-order valence-electron chi connectivity index (χ1n) is 4.82. The molecule has 2 nitrogen and oxygen atoms in total. The Hall–Kier alpha value is -0.450. The zero-order valence-corrected chi connectivity index (χ0v) is 12.0. The molecule has 0 amide bonds. The minimum absolute atomic E-state index is 0.0832. The summed E-state index contributed by atoms with van der Waals surface area (Å²) in [4.78, 5) is 0. The minimum Gasteiger partial charge on any atom is -0.142 e. The van der Waals surface area contributed by atoms with Crippen LogP contribution in [-0.4, -0.2) is 10.2 Å². The minimum atomic E-state index is -0.0832. The molecule has 0 aliphatic carbocycles. The summed E-state index contributed by atoms with van der Waals surface area (Å²) in [5, 5.41) is 9.88. The first-order valence-corrected chi connectivity index (χ1v) is 6.86. The highest BCUT2D eigenvalue weighted by Crippen LogP contribution is 2.31. The van der Waals surface area contributed by atoms with Gasteiger partial charge in [0.2, 0.25) is 0 Å². The van der Waals surface area contributed by atoms with Crippen molar-refractivity contribution < 1.29 is 0 Å². The van der Waals surface area contributed by atoms with Gasteiger partial charge in [0.05, 0.1) is 5.38 Å². The molecular weight excluding hydrogens is 308 g/mol. The lowest BCUT2D eigenvalue weighted by atomic mass is 10.2. The summed E-state index contributed by atoms with van der Waals surface area (Å²) in [5.74, 6) is 0. The molecule has 1 heterocycles. The number of rotatable bonds is 2. The Morgan fingerprint density at radius 1 is 1.38 bits per heavy atom. The van der Waals surface area contributed by atoms with Crippen molar-refractivity contribution in [1.29, 1.82) is 0 Å². The van der Waals surface area contributed by atoms with Crippen LogP contribution in [0.2, 0.25) is 0 Å². The summed E-state index contributed by atoms with van der Waals surface area (Å²) in [7, 11) is 0. The molecule has 5 heteroatoms. The van der Waals surface area contributed by atoms with E-state index >= 15 is 0 Å². The van der Waals surface area contributed by atoms with Gasteiger partial charge < -0.3 is 0 Å². The van der Waals surface area contributed by atoms with Crippen molar-refractivity contribution in [3.05, 3.63) is 33.2 Å². The third-order valence-corrected chi connectivity index (χ3v) is 4.55. The number of alkyl halides is 1. The highest BCUT2D eigenvalue weighted by molar-refractivity contribution is 9.10. The molecule has 0 aliphatic heterocycles. The van der Waals surface area contributed by atoms with Crippen LogP contribution in [0, 0.1) is 6.92 Å². The Bertz CT molecular complexity index is 510. The Kier molecular flexibility index (Phi) is 3.62. The third-order valence-electron chi connectivity index (χ3n) is 2.20. The van der Waals surface area contributed by atoms with Crippen molar-refractivity contribution in [2.75, 3.05) is 0 Å². The van der Waals surface area contributed by atoms with E-state index in [0.29, 0.717) is 0 Å². The largest absolute Gasteiger partial charge is 0.147 e. The number of benzene rings is 1. The number of aryl methyl sites for hydroxylation is 1. The van der Waals surface area contributed by atoms with Gasteiger partial charge in [-0.05, 0) is 25.5 Å². The van der Waals surface area contributed by atoms with Gasteiger partial charge in [0.1, 0.15) is 10.0 Å². The lowest BCUT2D eigenvalue weighted by molar-refractivity contribution is 0.962. The fraction of sp³-hybridized carbons (Fsp3) is 0.273. The van der Waals surface area contributed by atoms with Crippen molar-refractivity contribution in [3.8, 4) is 10.6 Å². The smallest absolute Gasteiger partial charge is 0.142 e. The normalized spacial score (nSPS) is 12.8. The first-order chi connectivity index (χ1) is 7.58. The van der Waals surface area contributed by atoms with E-state index in [2.05, 4.69) is 45.2 Å². The van der Waals surface area contributed by atoms with Gasteiger partial charge in [0, 0.05) is 10.0 Å². The molecule has 0 radical (unpaired) electrons. The van der Waals surface area contributed by atoms with Crippen molar-refractivity contribution in [3.63, 3.8) is 0 Å². The third kappa shape index (κ3) is 2.44. The maximum atomic E-state index is 5.96. The van der Waals surface area contributed by atoms with Crippen molar-refractivity contribution in [1.82, 2.24) is 10.2 Å². The van der Waals surface area contributed by atoms with E-state index in [9.17, 15) is 0 Å². The molecule has 0 fully saturated rings. The Morgan fingerprint density at radius 3 is 2.69 bits per heavy atom. The standard InChI is InChI=1S/C11H10BrClN2S/c1-6-3-4-8(5-9(6)12)11-15-14-10(16-11)7(2)13/h3-5,7H,1-2H3. The van der Waals surface area contributed by atoms with Gasteiger partial charge in [-0.15, -0.1) is 21.8 Å². The molecule has 1 aromatic carbocycles. The van der Waals surface area contributed by atoms with Crippen LogP contribution in [0.15, 0.2) is 22.7 Å². The van der Waals surface area contributed by atoms with Gasteiger partial charge in [-0.3, -0.25) is 0 Å². The van der Waals surface area contributed by atoms with Crippen LogP contribution in [0.1, 0.15) is 22.9 Å². The van der Waals surface area contributed by atoms with E-state index in [-0.39, 0.29) is 5.38 Å². The van der Waals surface area contributed by atoms with E-state index in [1.54, 1.807) is 0 Å². The van der Waals surface area contributed by atoms with Gasteiger partial charge in [0.25, 0.3) is 0 Å². The summed E-state index contributed by atoms with van der Waals surface area (Å²) in [6, 6.07) is 6.16. The van der Waals surface area contributed by atoms with E-state index in [1.807, 2.05) is 13.0 Å². The molecule has 16 heavy (non-hydrogen) atoms. The summed E-state index contributed by atoms with van der Waals surface area (Å²) < 4.78 is 1.08. The van der Waals surface area contributed by atoms with Gasteiger partial charge in [-0.1, -0.05) is 39.4 Å². The second kappa shape index (κ2) is 4.82. The van der Waals surface area contributed by atoms with Crippen LogP contribution >= 0.6 is 38.9 Å². The number of halogens is 2. The van der Waals surface area contributed by atoms with Crippen LogP contribution in [0.25, 0.3) is 10.6 Å². The Labute approximate surface area is 112 Å². The van der Waals surface area contributed by atoms with Gasteiger partial charge in [-0.2, -0.15) is 0 Å². The van der Waals surface area contributed by atoms with E-state index < -0.39 is 0 Å². The topological polar surface area (TPSA) is 25.8 Å². The second-order valence-electron chi connectivity index (χ2n) is 3.53. The van der Waals surface area contributed by atoms with E-state index in [1.165, 1.54) is 16.9 Å². The quantitative estimate of drug-likeness (QED) is 0.758. The highest BCUT2D eigenvalue weighted by Gasteiger charge is 2.11. The maximum absolute atomic E-state index is 5.96. The number of nitrogens with zero attached hydrogens (tertiary/aromatic N) is 2. The molecule has 84 valence electrons. The molecular formula is C11H10BrClN2S. The molecule has 0 saturated carbocycles. The zero-order chi connectivity index (χ0) is 11.7. The summed E-state index contributed by atoms with van der Waals surface area (Å²) in [5.41, 5.74) is 2.28. The summed E-state index contributed by atoms with van der Waals surface area (Å²) in [6.07, 6.45) is 0. The van der Waals surface area contributed by atoms with E-state index in [4.69, 9.17) is 11.6 Å². The molecule has 0 saturated heterocycles. The highest BCUT2D eigenvalue weighted by atomic mass is 79.9. The SMILES string of the molecule is Cc1ccc(-c2nnc(C(C)Cl)s2)cc1Br. The average Bonchev–Trinajstić information content (AvgIpc) is 2.71. The molecule has 0 spiro atoms. The molecule has 1 atom stereocenters. The van der Waals surface area contributed by atoms with Crippen molar-refractivity contribution >= 4 is 38.9 Å².